The lowest BCUT2D eigenvalue weighted by Crippen LogP contribution is -2.73. The number of rotatable bonds is 8. The van der Waals surface area contributed by atoms with Crippen molar-refractivity contribution in [1.82, 2.24) is 34.7 Å². The molecule has 0 bridgehead atoms. The van der Waals surface area contributed by atoms with Gasteiger partial charge in [0.1, 0.15) is 11.3 Å². The molecule has 2 N–H and O–H groups in total. The number of likely N-dealkylation sites (tertiary alicyclic amines) is 2. The van der Waals surface area contributed by atoms with Gasteiger partial charge in [-0.15, -0.1) is 5.10 Å². The van der Waals surface area contributed by atoms with Crippen molar-refractivity contribution >= 4 is 35.1 Å². The minimum atomic E-state index is -1.11. The molecule has 44 heavy (non-hydrogen) atoms. The molecule has 3 saturated heterocycles. The Morgan fingerprint density at radius 1 is 1.16 bits per heavy atom. The fraction of sp³-hybridized carbons (Fsp3) is 0.448. The van der Waals surface area contributed by atoms with E-state index in [1.807, 2.05) is 17.6 Å². The van der Waals surface area contributed by atoms with E-state index in [0.29, 0.717) is 51.0 Å². The van der Waals surface area contributed by atoms with Gasteiger partial charge in [0.05, 0.1) is 26.9 Å². The topological polar surface area (TPSA) is 147 Å². The van der Waals surface area contributed by atoms with Gasteiger partial charge in [0.2, 0.25) is 5.91 Å². The van der Waals surface area contributed by atoms with E-state index in [-0.39, 0.29) is 17.9 Å². The van der Waals surface area contributed by atoms with E-state index in [0.717, 1.165) is 47.7 Å². The molecule has 0 radical (unpaired) electrons. The first-order valence-corrected chi connectivity index (χ1v) is 14.3. The van der Waals surface area contributed by atoms with Crippen molar-refractivity contribution in [3.05, 3.63) is 48.1 Å². The largest absolute Gasteiger partial charge is 0.453 e. The third kappa shape index (κ3) is 5.92. The number of aromatic nitrogens is 4. The number of anilines is 2. The van der Waals surface area contributed by atoms with Crippen LogP contribution >= 0.6 is 0 Å². The molecule has 3 aromatic rings. The van der Waals surface area contributed by atoms with Crippen LogP contribution in [0.1, 0.15) is 11.1 Å². The number of morpholine rings is 1. The molecule has 3 amide bonds. The summed E-state index contributed by atoms with van der Waals surface area (Å²) in [4.78, 5) is 50.8. The molecule has 0 saturated carbocycles. The Kier molecular flexibility index (Phi) is 7.90. The normalized spacial score (nSPS) is 17.6. The second-order valence-electron chi connectivity index (χ2n) is 11.5. The number of carbonyl (C=O) groups is 3. The van der Waals surface area contributed by atoms with E-state index >= 15 is 0 Å². The molecule has 6 heterocycles. The van der Waals surface area contributed by atoms with Crippen molar-refractivity contribution in [2.45, 2.75) is 13.5 Å². The van der Waals surface area contributed by atoms with Crippen LogP contribution in [-0.4, -0.2) is 113 Å². The summed E-state index contributed by atoms with van der Waals surface area (Å²) in [5.74, 6) is -0.595. The monoisotopic (exact) mass is 607 g/mol. The second-order valence-corrected chi connectivity index (χ2v) is 11.5. The Balaban J connectivity index is 1.15. The van der Waals surface area contributed by atoms with Crippen LogP contribution in [0.4, 0.5) is 20.8 Å². The lowest BCUT2D eigenvalue weighted by atomic mass is 9.72. The van der Waals surface area contributed by atoms with E-state index in [1.54, 1.807) is 17.2 Å². The van der Waals surface area contributed by atoms with Crippen molar-refractivity contribution in [3.63, 3.8) is 0 Å². The lowest BCUT2D eigenvalue weighted by molar-refractivity contribution is -0.159. The molecule has 3 aliphatic rings. The average molecular weight is 608 g/mol. The zero-order valence-electron chi connectivity index (χ0n) is 24.6. The van der Waals surface area contributed by atoms with Gasteiger partial charge in [0.25, 0.3) is 5.91 Å². The highest BCUT2D eigenvalue weighted by Crippen LogP contribution is 2.40. The van der Waals surface area contributed by atoms with Crippen LogP contribution in [0.5, 0.6) is 0 Å². The molecule has 0 aliphatic carbocycles. The van der Waals surface area contributed by atoms with Crippen LogP contribution in [0.15, 0.2) is 36.9 Å². The zero-order chi connectivity index (χ0) is 31.0. The quantitative estimate of drug-likeness (QED) is 0.360. The zero-order valence-corrected chi connectivity index (χ0v) is 24.6. The number of aryl methyl sites for hydroxylation is 1. The first kappa shape index (κ1) is 29.4. The summed E-state index contributed by atoms with van der Waals surface area (Å²) in [5.41, 5.74) is 3.63. The van der Waals surface area contributed by atoms with Crippen LogP contribution in [-0.2, 0) is 25.6 Å². The van der Waals surface area contributed by atoms with E-state index in [4.69, 9.17) is 14.8 Å². The number of fused-ring (bicyclic) bond motifs is 1. The van der Waals surface area contributed by atoms with Gasteiger partial charge in [-0.1, -0.05) is 6.58 Å². The highest BCUT2D eigenvalue weighted by Gasteiger charge is 2.52. The highest BCUT2D eigenvalue weighted by molar-refractivity contribution is 5.93. The molecule has 1 spiro atoms. The van der Waals surface area contributed by atoms with Crippen LogP contribution in [0.2, 0.25) is 0 Å². The van der Waals surface area contributed by atoms with Gasteiger partial charge in [-0.2, -0.15) is 0 Å². The number of pyridine rings is 1. The second kappa shape index (κ2) is 11.8. The van der Waals surface area contributed by atoms with E-state index in [9.17, 15) is 18.8 Å². The molecule has 0 atom stereocenters. The van der Waals surface area contributed by atoms with Crippen molar-refractivity contribution < 1.29 is 28.2 Å². The van der Waals surface area contributed by atoms with Gasteiger partial charge in [0.15, 0.2) is 17.5 Å². The predicted octanol–water partition coefficient (Wildman–Crippen LogP) is 1.36. The SMILES string of the molecule is C=C(F)C(=O)NCC(=O)N1CC2(CN(Cc3cc4c(N5CCOCC5)nc(-c5cnc(NC(=O)OC)cc5C)nn4c3)C2)C1. The van der Waals surface area contributed by atoms with Crippen LogP contribution < -0.4 is 15.5 Å². The summed E-state index contributed by atoms with van der Waals surface area (Å²) in [7, 11) is 1.29. The summed E-state index contributed by atoms with van der Waals surface area (Å²) >= 11 is 0. The molecule has 15 heteroatoms. The Hall–Kier alpha value is -4.63. The molecular weight excluding hydrogens is 573 g/mol. The smallest absolute Gasteiger partial charge is 0.412 e. The molecule has 6 rings (SSSR count). The van der Waals surface area contributed by atoms with Crippen molar-refractivity contribution in [2.75, 3.05) is 76.4 Å². The van der Waals surface area contributed by atoms with Gasteiger partial charge in [-0.25, -0.2) is 23.7 Å². The number of hydrogen-bond acceptors (Lipinski definition) is 10. The number of amides is 3. The molecule has 3 aromatic heterocycles. The molecule has 3 fully saturated rings. The highest BCUT2D eigenvalue weighted by atomic mass is 19.1. The molecule has 3 aliphatic heterocycles. The van der Waals surface area contributed by atoms with Crippen LogP contribution in [0, 0.1) is 12.3 Å². The fourth-order valence-corrected chi connectivity index (χ4v) is 6.04. The summed E-state index contributed by atoms with van der Waals surface area (Å²) in [6.07, 6.45) is 3.07. The predicted molar refractivity (Wildman–Crippen MR) is 158 cm³/mol. The van der Waals surface area contributed by atoms with Gasteiger partial charge < -0.3 is 24.6 Å². The minimum absolute atomic E-state index is 0.0495. The number of ether oxygens (including phenoxy) is 2. The fourth-order valence-electron chi connectivity index (χ4n) is 6.04. The molecule has 0 aromatic carbocycles. The van der Waals surface area contributed by atoms with E-state index < -0.39 is 17.8 Å². The standard InChI is InChI=1S/C29H34FN9O5/c1-18-8-23(33-28(42)43-3)31-10-21(18)25-34-26(37-4-6-44-7-5-37)22-9-20(13-39(22)35-25)12-36-14-29(15-36)16-38(17-29)24(40)11-32-27(41)19(2)30/h8-10,13H,2,4-7,11-12,14-17H2,1,3H3,(H,32,41)(H,31,33,42). The summed E-state index contributed by atoms with van der Waals surface area (Å²) in [5, 5.41) is 9.66. The third-order valence-corrected chi connectivity index (χ3v) is 8.15. The molecule has 232 valence electrons. The number of halogens is 1. The Labute approximate surface area is 252 Å². The van der Waals surface area contributed by atoms with Gasteiger partial charge >= 0.3 is 6.09 Å². The molecule has 0 unspecified atom stereocenters. The summed E-state index contributed by atoms with van der Waals surface area (Å²) in [6.45, 7) is 10.9. The number of nitrogens with one attached hydrogen (secondary N) is 2. The number of methoxy groups -OCH3 is 1. The van der Waals surface area contributed by atoms with Crippen molar-refractivity contribution in [2.24, 2.45) is 5.41 Å². The van der Waals surface area contributed by atoms with Crippen LogP contribution in [0.3, 0.4) is 0 Å². The molecule has 14 nitrogen and oxygen atoms in total. The number of carbonyl (C=O) groups excluding carboxylic acids is 3. The third-order valence-electron chi connectivity index (χ3n) is 8.15. The Bertz CT molecular complexity index is 1620. The number of nitrogens with zero attached hydrogens (tertiary/aromatic N) is 7. The minimum Gasteiger partial charge on any atom is -0.453 e. The maximum Gasteiger partial charge on any atom is 0.412 e. The first-order chi connectivity index (χ1) is 21.1. The summed E-state index contributed by atoms with van der Waals surface area (Å²) in [6, 6.07) is 3.87. The Morgan fingerprint density at radius 2 is 1.91 bits per heavy atom. The average Bonchev–Trinajstić information content (AvgIpc) is 3.38. The first-order valence-electron chi connectivity index (χ1n) is 14.3. The van der Waals surface area contributed by atoms with E-state index in [2.05, 4.69) is 42.8 Å². The maximum atomic E-state index is 12.8. The number of hydrogen-bond donors (Lipinski definition) is 2. The van der Waals surface area contributed by atoms with E-state index in [1.165, 1.54) is 7.11 Å². The van der Waals surface area contributed by atoms with Gasteiger partial charge in [-0.3, -0.25) is 19.8 Å². The van der Waals surface area contributed by atoms with Gasteiger partial charge in [0, 0.05) is 69.2 Å². The molecular formula is C29H34FN9O5. The summed E-state index contributed by atoms with van der Waals surface area (Å²) < 4.78 is 24.9. The van der Waals surface area contributed by atoms with Crippen molar-refractivity contribution in [3.8, 4) is 11.4 Å². The lowest BCUT2D eigenvalue weighted by Gasteiger charge is -2.60. The van der Waals surface area contributed by atoms with Crippen LogP contribution in [0.25, 0.3) is 16.9 Å². The van der Waals surface area contributed by atoms with Gasteiger partial charge in [-0.05, 0) is 30.2 Å². The maximum absolute atomic E-state index is 12.8. The Morgan fingerprint density at radius 3 is 2.59 bits per heavy atom. The van der Waals surface area contributed by atoms with Crippen molar-refractivity contribution in [1.29, 1.82) is 0 Å².